The SMILES string of the molecule is Cc1cccc([O-])c1-c1c(C)cccc1OC(=O)c1ccccc1.[Cl-].[Mg+2]. The molecule has 0 fully saturated rings. The van der Waals surface area contributed by atoms with E-state index < -0.39 is 5.97 Å². The largest absolute Gasteiger partial charge is 2.00 e. The van der Waals surface area contributed by atoms with Crippen molar-refractivity contribution < 1.29 is 27.0 Å². The maximum absolute atomic E-state index is 12.4. The fourth-order valence-electron chi connectivity index (χ4n) is 2.74. The Morgan fingerprint density at radius 3 is 2.00 bits per heavy atom. The van der Waals surface area contributed by atoms with Gasteiger partial charge in [0.1, 0.15) is 5.75 Å². The van der Waals surface area contributed by atoms with E-state index in [1.807, 2.05) is 38.1 Å². The Hall–Kier alpha value is -2.01. The van der Waals surface area contributed by atoms with Gasteiger partial charge in [0, 0.05) is 5.56 Å². The first kappa shape index (κ1) is 22.0. The molecule has 5 heteroatoms. The second kappa shape index (κ2) is 9.62. The van der Waals surface area contributed by atoms with Crippen LogP contribution in [0.1, 0.15) is 21.5 Å². The van der Waals surface area contributed by atoms with Gasteiger partial charge in [-0.15, -0.1) is 5.75 Å². The van der Waals surface area contributed by atoms with E-state index in [2.05, 4.69) is 0 Å². The fourth-order valence-corrected chi connectivity index (χ4v) is 2.74. The topological polar surface area (TPSA) is 49.4 Å². The van der Waals surface area contributed by atoms with Gasteiger partial charge in [0.25, 0.3) is 0 Å². The molecule has 26 heavy (non-hydrogen) atoms. The van der Waals surface area contributed by atoms with Gasteiger partial charge in [-0.3, -0.25) is 0 Å². The Morgan fingerprint density at radius 2 is 1.38 bits per heavy atom. The summed E-state index contributed by atoms with van der Waals surface area (Å²) in [4.78, 5) is 12.4. The predicted octanol–water partition coefficient (Wildman–Crippen LogP) is 0.886. The summed E-state index contributed by atoms with van der Waals surface area (Å²) in [6, 6.07) is 19.4. The van der Waals surface area contributed by atoms with Crippen LogP contribution < -0.4 is 22.3 Å². The van der Waals surface area contributed by atoms with E-state index in [-0.39, 0.29) is 41.2 Å². The number of aryl methyl sites for hydroxylation is 2. The number of halogens is 1. The van der Waals surface area contributed by atoms with Crippen molar-refractivity contribution in [3.8, 4) is 22.6 Å². The van der Waals surface area contributed by atoms with Crippen molar-refractivity contribution in [2.75, 3.05) is 0 Å². The third-order valence-corrected chi connectivity index (χ3v) is 3.93. The Bertz CT molecular complexity index is 875. The first-order chi connectivity index (χ1) is 11.6. The molecule has 0 bridgehead atoms. The van der Waals surface area contributed by atoms with Crippen molar-refractivity contribution >= 4 is 29.0 Å². The first-order valence-electron chi connectivity index (χ1n) is 7.72. The number of carbonyl (C=O) groups is 1. The zero-order valence-corrected chi connectivity index (χ0v) is 16.8. The van der Waals surface area contributed by atoms with Crippen molar-refractivity contribution in [1.82, 2.24) is 0 Å². The summed E-state index contributed by atoms with van der Waals surface area (Å²) in [6.45, 7) is 3.78. The predicted molar refractivity (Wildman–Crippen MR) is 98.0 cm³/mol. The third-order valence-electron chi connectivity index (χ3n) is 3.93. The summed E-state index contributed by atoms with van der Waals surface area (Å²) in [5, 5.41) is 12.4. The van der Waals surface area contributed by atoms with Crippen molar-refractivity contribution in [3.63, 3.8) is 0 Å². The van der Waals surface area contributed by atoms with Crippen molar-refractivity contribution in [1.29, 1.82) is 0 Å². The smallest absolute Gasteiger partial charge is 1.00 e. The molecule has 3 aromatic carbocycles. The molecule has 0 spiro atoms. The van der Waals surface area contributed by atoms with Gasteiger partial charge in [0.05, 0.1) is 5.56 Å². The van der Waals surface area contributed by atoms with Crippen LogP contribution in [0.3, 0.4) is 0 Å². The van der Waals surface area contributed by atoms with Crippen molar-refractivity contribution in [3.05, 3.63) is 83.4 Å². The molecule has 3 nitrogen and oxygen atoms in total. The summed E-state index contributed by atoms with van der Waals surface area (Å²) < 4.78 is 5.60. The molecule has 0 saturated carbocycles. The average molecular weight is 377 g/mol. The quantitative estimate of drug-likeness (QED) is 0.387. The zero-order valence-electron chi connectivity index (χ0n) is 14.7. The number of rotatable bonds is 3. The fraction of sp³-hybridized carbons (Fsp3) is 0.0952. The van der Waals surface area contributed by atoms with Crippen LogP contribution in [-0.4, -0.2) is 29.0 Å². The van der Waals surface area contributed by atoms with E-state index in [1.54, 1.807) is 36.4 Å². The van der Waals surface area contributed by atoms with Gasteiger partial charge in [-0.2, -0.15) is 0 Å². The Balaban J connectivity index is 0.00000169. The van der Waals surface area contributed by atoms with E-state index in [4.69, 9.17) is 4.74 Å². The van der Waals surface area contributed by atoms with Gasteiger partial charge in [-0.25, -0.2) is 4.79 Å². The van der Waals surface area contributed by atoms with E-state index >= 15 is 0 Å². The number of hydrogen-bond donors (Lipinski definition) is 0. The van der Waals surface area contributed by atoms with Crippen LogP contribution in [-0.2, 0) is 0 Å². The van der Waals surface area contributed by atoms with Crippen LogP contribution in [0.4, 0.5) is 0 Å². The Morgan fingerprint density at radius 1 is 0.808 bits per heavy atom. The molecule has 0 N–H and O–H groups in total. The molecule has 0 aliphatic carbocycles. The van der Waals surface area contributed by atoms with Crippen LogP contribution in [0.2, 0.25) is 0 Å². The molecule has 0 aliphatic rings. The minimum Gasteiger partial charge on any atom is -1.00 e. The molecular weight excluding hydrogens is 360 g/mol. The molecule has 0 unspecified atom stereocenters. The Kier molecular flexibility index (Phi) is 8.15. The molecule has 0 atom stereocenters. The van der Waals surface area contributed by atoms with Crippen LogP contribution in [0, 0.1) is 13.8 Å². The Labute approximate surface area is 175 Å². The summed E-state index contributed by atoms with van der Waals surface area (Å²) in [6.07, 6.45) is 0. The molecule has 128 valence electrons. The number of hydrogen-bond acceptors (Lipinski definition) is 3. The maximum atomic E-state index is 12.4. The van der Waals surface area contributed by atoms with E-state index in [0.717, 1.165) is 11.1 Å². The average Bonchev–Trinajstić information content (AvgIpc) is 2.57. The molecule has 0 aromatic heterocycles. The molecule has 0 heterocycles. The van der Waals surface area contributed by atoms with Crippen molar-refractivity contribution in [2.45, 2.75) is 13.8 Å². The zero-order chi connectivity index (χ0) is 17.1. The van der Waals surface area contributed by atoms with Gasteiger partial charge >= 0.3 is 29.0 Å². The van der Waals surface area contributed by atoms with Gasteiger partial charge < -0.3 is 22.3 Å². The van der Waals surface area contributed by atoms with Gasteiger partial charge in [0.15, 0.2) is 0 Å². The summed E-state index contributed by atoms with van der Waals surface area (Å²) >= 11 is 0. The number of esters is 1. The first-order valence-corrected chi connectivity index (χ1v) is 7.72. The number of carbonyl (C=O) groups excluding carboxylic acids is 1. The summed E-state index contributed by atoms with van der Waals surface area (Å²) in [5.41, 5.74) is 3.46. The third kappa shape index (κ3) is 4.58. The molecule has 3 aromatic rings. The normalized spacial score (nSPS) is 9.62. The summed E-state index contributed by atoms with van der Waals surface area (Å²) in [5.74, 6) is -0.125. The minimum atomic E-state index is -0.441. The van der Waals surface area contributed by atoms with Crippen LogP contribution in [0.5, 0.6) is 11.5 Å². The van der Waals surface area contributed by atoms with Crippen LogP contribution >= 0.6 is 0 Å². The molecule has 0 saturated heterocycles. The number of benzene rings is 3. The van der Waals surface area contributed by atoms with E-state index in [1.165, 1.54) is 6.07 Å². The van der Waals surface area contributed by atoms with Crippen LogP contribution in [0.15, 0.2) is 66.7 Å². The number of ether oxygens (including phenoxy) is 1. The van der Waals surface area contributed by atoms with E-state index in [0.29, 0.717) is 22.4 Å². The van der Waals surface area contributed by atoms with Crippen LogP contribution in [0.25, 0.3) is 11.1 Å². The standard InChI is InChI=1S/C21H18O3.ClH.Mg/c1-14-8-6-12-17(22)19(14)20-15(2)9-7-13-18(20)24-21(23)16-10-4-3-5-11-16;;/h3-13,22H,1-2H3;1H;/q;;+2/p-2. The molecule has 0 amide bonds. The molecule has 3 rings (SSSR count). The maximum Gasteiger partial charge on any atom is 2.00 e. The van der Waals surface area contributed by atoms with Gasteiger partial charge in [-0.05, 0) is 48.7 Å². The summed E-state index contributed by atoms with van der Waals surface area (Å²) in [7, 11) is 0. The molecular formula is C21H17ClMgO3. The van der Waals surface area contributed by atoms with Gasteiger partial charge in [0.2, 0.25) is 0 Å². The molecule has 0 aliphatic heterocycles. The van der Waals surface area contributed by atoms with E-state index in [9.17, 15) is 9.90 Å². The molecule has 0 radical (unpaired) electrons. The second-order valence-electron chi connectivity index (χ2n) is 5.65. The van der Waals surface area contributed by atoms with Gasteiger partial charge in [-0.1, -0.05) is 48.5 Å². The van der Waals surface area contributed by atoms with Crippen molar-refractivity contribution in [2.24, 2.45) is 0 Å². The minimum absolute atomic E-state index is 0. The second-order valence-corrected chi connectivity index (χ2v) is 5.65. The monoisotopic (exact) mass is 376 g/mol.